The number of pyridine rings is 1. The van der Waals surface area contributed by atoms with Gasteiger partial charge in [0.25, 0.3) is 0 Å². The Morgan fingerprint density at radius 1 is 1.05 bits per heavy atom. The lowest BCUT2D eigenvalue weighted by Gasteiger charge is -2.39. The van der Waals surface area contributed by atoms with Crippen LogP contribution in [0.5, 0.6) is 0 Å². The van der Waals surface area contributed by atoms with Crippen LogP contribution in [-0.2, 0) is 10.2 Å². The Labute approximate surface area is 224 Å². The molecule has 9 heteroatoms. The number of hydrogen-bond acceptors (Lipinski definition) is 6. The maximum Gasteiger partial charge on any atom is 0.324 e. The number of aromatic nitrogens is 3. The molecule has 0 spiro atoms. The summed E-state index contributed by atoms with van der Waals surface area (Å²) in [7, 11) is 0. The number of carbonyl (C=O) groups is 2. The lowest BCUT2D eigenvalue weighted by atomic mass is 9.79. The highest BCUT2D eigenvalue weighted by Gasteiger charge is 2.36. The molecule has 1 saturated heterocycles. The van der Waals surface area contributed by atoms with Crippen molar-refractivity contribution in [3.63, 3.8) is 0 Å². The third kappa shape index (κ3) is 5.57. The summed E-state index contributed by atoms with van der Waals surface area (Å²) < 4.78 is 1.75. The lowest BCUT2D eigenvalue weighted by molar-refractivity contribution is -0.126. The molecule has 3 heterocycles. The molecule has 1 saturated carbocycles. The fourth-order valence-electron chi connectivity index (χ4n) is 4.83. The van der Waals surface area contributed by atoms with E-state index in [9.17, 15) is 9.59 Å². The normalized spacial score (nSPS) is 18.1. The van der Waals surface area contributed by atoms with Crippen LogP contribution in [-0.4, -0.2) is 52.3 Å². The summed E-state index contributed by atoms with van der Waals surface area (Å²) >= 11 is 0. The summed E-state index contributed by atoms with van der Waals surface area (Å²) in [5, 5.41) is 13.9. The second kappa shape index (κ2) is 10.6. The zero-order chi connectivity index (χ0) is 26.9. The molecular weight excluding hydrogens is 478 g/mol. The van der Waals surface area contributed by atoms with Crippen LogP contribution in [0.4, 0.5) is 22.1 Å². The van der Waals surface area contributed by atoms with Gasteiger partial charge in [-0.25, -0.2) is 14.5 Å². The number of anilines is 3. The van der Waals surface area contributed by atoms with E-state index < -0.39 is 0 Å². The molecule has 2 fully saturated rings. The minimum atomic E-state index is -0.381. The number of nitrogens with one attached hydrogen (secondary N) is 3. The number of hydrogen-bond donors (Lipinski definition) is 3. The highest BCUT2D eigenvalue weighted by Crippen LogP contribution is 2.31. The standard InChI is InChI=1S/C29H37N7O2/c1-19-8-11-22(12-9-19)36-26(16-24(34-36)29(2,3)4)33-28(38)32-21-10-13-25(31-17-21)35-15-14-30-18-23(35)27(37)20-6-5-7-20/h8-13,16-17,20,23,30H,5-7,14-15,18H2,1-4H3,(H2,32,33,38). The quantitative estimate of drug-likeness (QED) is 0.441. The maximum atomic E-state index is 13.0. The highest BCUT2D eigenvalue weighted by atomic mass is 16.2. The van der Waals surface area contributed by atoms with Gasteiger partial charge in [0.2, 0.25) is 0 Å². The van der Waals surface area contributed by atoms with Crippen molar-refractivity contribution < 1.29 is 9.59 Å². The van der Waals surface area contributed by atoms with Crippen molar-refractivity contribution in [3.05, 3.63) is 59.9 Å². The number of piperazine rings is 1. The molecule has 3 N–H and O–H groups in total. The first-order valence-electron chi connectivity index (χ1n) is 13.4. The van der Waals surface area contributed by atoms with Crippen LogP contribution < -0.4 is 20.9 Å². The Morgan fingerprint density at radius 3 is 2.45 bits per heavy atom. The first-order valence-corrected chi connectivity index (χ1v) is 13.4. The second-order valence-electron chi connectivity index (χ2n) is 11.3. The SMILES string of the molecule is Cc1ccc(-n2nc(C(C)(C)C)cc2NC(=O)Nc2ccc(N3CCNCC3C(=O)C3CCC3)nc2)cc1. The van der Waals surface area contributed by atoms with E-state index in [0.29, 0.717) is 23.8 Å². The van der Waals surface area contributed by atoms with Crippen LogP contribution >= 0.6 is 0 Å². The average Bonchev–Trinajstić information content (AvgIpc) is 3.28. The molecule has 1 aromatic carbocycles. The van der Waals surface area contributed by atoms with Gasteiger partial charge in [0, 0.05) is 37.0 Å². The zero-order valence-electron chi connectivity index (χ0n) is 22.6. The van der Waals surface area contributed by atoms with Gasteiger partial charge in [-0.15, -0.1) is 0 Å². The number of benzene rings is 1. The first-order chi connectivity index (χ1) is 18.2. The number of nitrogens with zero attached hydrogens (tertiary/aromatic N) is 4. The number of carbonyl (C=O) groups excluding carboxylic acids is 2. The van der Waals surface area contributed by atoms with Crippen LogP contribution in [0.15, 0.2) is 48.7 Å². The van der Waals surface area contributed by atoms with Gasteiger partial charge in [-0.05, 0) is 44.0 Å². The average molecular weight is 516 g/mol. The van der Waals surface area contributed by atoms with Gasteiger partial charge >= 0.3 is 6.03 Å². The molecule has 3 aromatic rings. The van der Waals surface area contributed by atoms with E-state index in [0.717, 1.165) is 55.1 Å². The molecule has 1 unspecified atom stereocenters. The van der Waals surface area contributed by atoms with Crippen molar-refractivity contribution in [2.45, 2.75) is 58.4 Å². The van der Waals surface area contributed by atoms with Crippen LogP contribution in [0.1, 0.15) is 51.3 Å². The predicted octanol–water partition coefficient (Wildman–Crippen LogP) is 4.66. The molecule has 0 bridgehead atoms. The van der Waals surface area contributed by atoms with E-state index in [-0.39, 0.29) is 23.4 Å². The monoisotopic (exact) mass is 515 g/mol. The molecule has 0 radical (unpaired) electrons. The van der Waals surface area contributed by atoms with Gasteiger partial charge < -0.3 is 15.5 Å². The van der Waals surface area contributed by atoms with Crippen molar-refractivity contribution in [3.8, 4) is 5.69 Å². The highest BCUT2D eigenvalue weighted by molar-refractivity contribution is 5.99. The molecule has 2 aliphatic rings. The van der Waals surface area contributed by atoms with Gasteiger partial charge in [-0.1, -0.05) is 44.9 Å². The summed E-state index contributed by atoms with van der Waals surface area (Å²) in [6, 6.07) is 13.0. The van der Waals surface area contributed by atoms with Gasteiger partial charge in [-0.3, -0.25) is 10.1 Å². The van der Waals surface area contributed by atoms with Gasteiger partial charge in [0.05, 0.1) is 23.3 Å². The van der Waals surface area contributed by atoms with Crippen molar-refractivity contribution in [2.75, 3.05) is 35.2 Å². The van der Waals surface area contributed by atoms with Crippen LogP contribution in [0, 0.1) is 12.8 Å². The Kier molecular flexibility index (Phi) is 7.21. The number of aryl methyl sites for hydroxylation is 1. The summed E-state index contributed by atoms with van der Waals surface area (Å²) in [6.45, 7) is 10.5. The van der Waals surface area contributed by atoms with Crippen molar-refractivity contribution in [2.24, 2.45) is 5.92 Å². The number of Topliss-reactive ketones (excluding diaryl/α,β-unsaturated/α-hetero) is 1. The molecule has 5 rings (SSSR count). The number of ketones is 1. The first kappa shape index (κ1) is 25.9. The fourth-order valence-corrected chi connectivity index (χ4v) is 4.83. The van der Waals surface area contributed by atoms with E-state index in [1.165, 1.54) is 0 Å². The molecule has 200 valence electrons. The third-order valence-corrected chi connectivity index (χ3v) is 7.38. The number of rotatable bonds is 6. The molecule has 1 atom stereocenters. The third-order valence-electron chi connectivity index (χ3n) is 7.38. The Hall–Kier alpha value is -3.72. The maximum absolute atomic E-state index is 13.0. The molecule has 9 nitrogen and oxygen atoms in total. The number of amides is 2. The Bertz CT molecular complexity index is 1290. The molecule has 1 aliphatic carbocycles. The molecular formula is C29H37N7O2. The van der Waals surface area contributed by atoms with Crippen molar-refractivity contribution >= 4 is 29.1 Å². The predicted molar refractivity (Wildman–Crippen MR) is 150 cm³/mol. The van der Waals surface area contributed by atoms with Crippen LogP contribution in [0.25, 0.3) is 5.69 Å². The van der Waals surface area contributed by atoms with Crippen molar-refractivity contribution in [1.29, 1.82) is 0 Å². The lowest BCUT2D eigenvalue weighted by Crippen LogP contribution is -2.57. The molecule has 1 aliphatic heterocycles. The van der Waals surface area contributed by atoms with E-state index in [4.69, 9.17) is 5.10 Å². The second-order valence-corrected chi connectivity index (χ2v) is 11.3. The molecule has 38 heavy (non-hydrogen) atoms. The minimum Gasteiger partial charge on any atom is -0.344 e. The molecule has 2 aromatic heterocycles. The summed E-state index contributed by atoms with van der Waals surface area (Å²) in [5.41, 5.74) is 3.29. The summed E-state index contributed by atoms with van der Waals surface area (Å²) in [6.07, 6.45) is 4.77. The molecule has 2 amide bonds. The van der Waals surface area contributed by atoms with E-state index in [1.54, 1.807) is 10.9 Å². The van der Waals surface area contributed by atoms with Crippen LogP contribution in [0.3, 0.4) is 0 Å². The Morgan fingerprint density at radius 2 is 1.82 bits per heavy atom. The summed E-state index contributed by atoms with van der Waals surface area (Å²) in [4.78, 5) is 32.6. The largest absolute Gasteiger partial charge is 0.344 e. The van der Waals surface area contributed by atoms with Gasteiger partial charge in [-0.2, -0.15) is 5.10 Å². The van der Waals surface area contributed by atoms with E-state index in [1.807, 2.05) is 49.4 Å². The summed E-state index contributed by atoms with van der Waals surface area (Å²) in [5.74, 6) is 1.83. The zero-order valence-corrected chi connectivity index (χ0v) is 22.6. The van der Waals surface area contributed by atoms with Gasteiger partial charge in [0.1, 0.15) is 17.7 Å². The fraction of sp³-hybridized carbons (Fsp3) is 0.448. The van der Waals surface area contributed by atoms with Gasteiger partial charge in [0.15, 0.2) is 5.78 Å². The topological polar surface area (TPSA) is 104 Å². The van der Waals surface area contributed by atoms with Crippen molar-refractivity contribution in [1.82, 2.24) is 20.1 Å². The minimum absolute atomic E-state index is 0.176. The Balaban J connectivity index is 1.29. The van der Waals surface area contributed by atoms with E-state index in [2.05, 4.69) is 46.6 Å². The van der Waals surface area contributed by atoms with E-state index >= 15 is 0 Å². The number of urea groups is 1. The van der Waals surface area contributed by atoms with Crippen LogP contribution in [0.2, 0.25) is 0 Å². The smallest absolute Gasteiger partial charge is 0.324 e.